The van der Waals surface area contributed by atoms with Crippen molar-refractivity contribution < 1.29 is 4.79 Å². The van der Waals surface area contributed by atoms with Crippen LogP contribution in [0.4, 0.5) is 5.69 Å². The molecule has 1 aliphatic heterocycles. The van der Waals surface area contributed by atoms with Gasteiger partial charge in [-0.2, -0.15) is 0 Å². The Morgan fingerprint density at radius 2 is 2.12 bits per heavy atom. The number of nitrogens with zero attached hydrogens (tertiary/aromatic N) is 1. The highest BCUT2D eigenvalue weighted by atomic mass is 35.5. The third kappa shape index (κ3) is 3.91. The van der Waals surface area contributed by atoms with Crippen molar-refractivity contribution in [1.82, 2.24) is 4.90 Å². The Kier molecular flexibility index (Phi) is 5.23. The molecule has 6 heteroatoms. The zero-order valence-corrected chi connectivity index (χ0v) is 16.1. The molecule has 1 fully saturated rings. The SMILES string of the molecule is NSc1cc(NC(=O)Cc2ccccc2Cl)cc2c1CCN(C1CC1)C2. The third-order valence-corrected chi connectivity index (χ3v) is 6.09. The molecule has 1 saturated carbocycles. The van der Waals surface area contributed by atoms with Crippen LogP contribution < -0.4 is 10.5 Å². The van der Waals surface area contributed by atoms with Gasteiger partial charge in [-0.25, -0.2) is 0 Å². The molecule has 4 rings (SSSR count). The largest absolute Gasteiger partial charge is 0.326 e. The lowest BCUT2D eigenvalue weighted by molar-refractivity contribution is -0.115. The van der Waals surface area contributed by atoms with Crippen molar-refractivity contribution >= 4 is 35.1 Å². The van der Waals surface area contributed by atoms with E-state index in [1.54, 1.807) is 6.07 Å². The van der Waals surface area contributed by atoms with Crippen LogP contribution >= 0.6 is 23.5 Å². The molecular formula is C20H22ClN3OS. The van der Waals surface area contributed by atoms with Crippen LogP contribution in [0.1, 0.15) is 29.5 Å². The smallest absolute Gasteiger partial charge is 0.228 e. The van der Waals surface area contributed by atoms with E-state index in [0.29, 0.717) is 5.02 Å². The molecule has 1 amide bonds. The number of halogens is 1. The molecule has 0 aromatic heterocycles. The molecule has 2 aliphatic rings. The quantitative estimate of drug-likeness (QED) is 0.761. The lowest BCUT2D eigenvalue weighted by Gasteiger charge is -2.30. The molecule has 1 heterocycles. The Balaban J connectivity index is 1.52. The summed E-state index contributed by atoms with van der Waals surface area (Å²) in [5, 5.41) is 9.53. The zero-order valence-electron chi connectivity index (χ0n) is 14.5. The summed E-state index contributed by atoms with van der Waals surface area (Å²) in [6.07, 6.45) is 3.90. The molecule has 3 N–H and O–H groups in total. The Labute approximate surface area is 163 Å². The number of carbonyl (C=O) groups is 1. The third-order valence-electron chi connectivity index (χ3n) is 5.11. The molecule has 0 bridgehead atoms. The van der Waals surface area contributed by atoms with Crippen LogP contribution in [0.5, 0.6) is 0 Å². The van der Waals surface area contributed by atoms with Gasteiger partial charge in [0.1, 0.15) is 0 Å². The number of carbonyl (C=O) groups excluding carboxylic acids is 1. The maximum absolute atomic E-state index is 12.5. The van der Waals surface area contributed by atoms with Crippen molar-refractivity contribution in [1.29, 1.82) is 0 Å². The number of nitrogens with two attached hydrogens (primary N) is 1. The molecule has 2 aromatic rings. The van der Waals surface area contributed by atoms with Crippen LogP contribution in [-0.4, -0.2) is 23.4 Å². The summed E-state index contributed by atoms with van der Waals surface area (Å²) in [6.45, 7) is 2.05. The van der Waals surface area contributed by atoms with E-state index in [1.807, 2.05) is 24.3 Å². The maximum Gasteiger partial charge on any atom is 0.228 e. The topological polar surface area (TPSA) is 58.4 Å². The first-order chi connectivity index (χ1) is 12.6. The normalized spacial score (nSPS) is 17.0. The van der Waals surface area contributed by atoms with Gasteiger partial charge in [0.2, 0.25) is 5.91 Å². The Morgan fingerprint density at radius 3 is 2.85 bits per heavy atom. The van der Waals surface area contributed by atoms with Crippen molar-refractivity contribution in [2.75, 3.05) is 11.9 Å². The minimum Gasteiger partial charge on any atom is -0.326 e. The predicted octanol–water partition coefficient (Wildman–Crippen LogP) is 4.01. The number of rotatable bonds is 5. The molecule has 0 unspecified atom stereocenters. The fraction of sp³-hybridized carbons (Fsp3) is 0.350. The van der Waals surface area contributed by atoms with Crippen LogP contribution in [0.3, 0.4) is 0 Å². The summed E-state index contributed by atoms with van der Waals surface area (Å²) in [5.41, 5.74) is 4.26. The molecule has 0 atom stereocenters. The number of fused-ring (bicyclic) bond motifs is 1. The summed E-state index contributed by atoms with van der Waals surface area (Å²) in [5.74, 6) is -0.0686. The van der Waals surface area contributed by atoms with E-state index < -0.39 is 0 Å². The minimum absolute atomic E-state index is 0.0686. The minimum atomic E-state index is -0.0686. The van der Waals surface area contributed by atoms with Gasteiger partial charge in [-0.3, -0.25) is 14.8 Å². The van der Waals surface area contributed by atoms with E-state index >= 15 is 0 Å². The Morgan fingerprint density at radius 1 is 1.31 bits per heavy atom. The van der Waals surface area contributed by atoms with Crippen molar-refractivity contribution in [3.8, 4) is 0 Å². The van der Waals surface area contributed by atoms with Gasteiger partial charge in [0.25, 0.3) is 0 Å². The summed E-state index contributed by atoms with van der Waals surface area (Å²) < 4.78 is 0. The van der Waals surface area contributed by atoms with E-state index in [2.05, 4.69) is 16.3 Å². The number of hydrogen-bond acceptors (Lipinski definition) is 4. The summed E-state index contributed by atoms with van der Waals surface area (Å²) >= 11 is 7.43. The fourth-order valence-electron chi connectivity index (χ4n) is 3.63. The molecule has 0 saturated heterocycles. The van der Waals surface area contributed by atoms with Gasteiger partial charge in [-0.05, 0) is 66.1 Å². The van der Waals surface area contributed by atoms with E-state index in [1.165, 1.54) is 35.9 Å². The number of nitrogens with one attached hydrogen (secondary N) is 1. The van der Waals surface area contributed by atoms with Gasteiger partial charge in [0.15, 0.2) is 0 Å². The maximum atomic E-state index is 12.5. The lowest BCUT2D eigenvalue weighted by atomic mass is 9.98. The number of amides is 1. The highest BCUT2D eigenvalue weighted by Gasteiger charge is 2.32. The van der Waals surface area contributed by atoms with Gasteiger partial charge >= 0.3 is 0 Å². The monoisotopic (exact) mass is 387 g/mol. The molecule has 0 radical (unpaired) electrons. The van der Waals surface area contributed by atoms with E-state index in [0.717, 1.165) is 41.7 Å². The standard InChI is InChI=1S/C20H22ClN3OS/c21-18-4-2-1-3-13(18)10-20(25)23-15-9-14-12-24(16-5-6-16)8-7-17(14)19(11-15)26-22/h1-4,9,11,16H,5-8,10,12,22H2,(H,23,25). The lowest BCUT2D eigenvalue weighted by Crippen LogP contribution is -2.32. The molecular weight excluding hydrogens is 366 g/mol. The van der Waals surface area contributed by atoms with E-state index in [9.17, 15) is 4.79 Å². The van der Waals surface area contributed by atoms with Crippen molar-refractivity contribution in [3.05, 3.63) is 58.1 Å². The van der Waals surface area contributed by atoms with Crippen molar-refractivity contribution in [2.24, 2.45) is 5.14 Å². The van der Waals surface area contributed by atoms with Gasteiger partial charge in [0, 0.05) is 34.7 Å². The van der Waals surface area contributed by atoms with Gasteiger partial charge in [-0.1, -0.05) is 29.8 Å². The summed E-state index contributed by atoms with van der Waals surface area (Å²) in [4.78, 5) is 16.1. The molecule has 0 spiro atoms. The Bertz CT molecular complexity index is 838. The van der Waals surface area contributed by atoms with E-state index in [4.69, 9.17) is 16.7 Å². The summed E-state index contributed by atoms with van der Waals surface area (Å²) in [6, 6.07) is 12.3. The second-order valence-corrected chi connectivity index (χ2v) is 8.08. The summed E-state index contributed by atoms with van der Waals surface area (Å²) in [7, 11) is 0. The van der Waals surface area contributed by atoms with Gasteiger partial charge in [0.05, 0.1) is 6.42 Å². The average molecular weight is 388 g/mol. The van der Waals surface area contributed by atoms with Gasteiger partial charge in [-0.15, -0.1) is 0 Å². The van der Waals surface area contributed by atoms with Crippen LogP contribution in [0.2, 0.25) is 5.02 Å². The first kappa shape index (κ1) is 17.9. The zero-order chi connectivity index (χ0) is 18.1. The van der Waals surface area contributed by atoms with Crippen LogP contribution in [0, 0.1) is 0 Å². The highest BCUT2D eigenvalue weighted by Crippen LogP contribution is 2.35. The average Bonchev–Trinajstić information content (AvgIpc) is 3.47. The van der Waals surface area contributed by atoms with E-state index in [-0.39, 0.29) is 12.3 Å². The number of benzene rings is 2. The van der Waals surface area contributed by atoms with Crippen LogP contribution in [-0.2, 0) is 24.2 Å². The predicted molar refractivity (Wildman–Crippen MR) is 107 cm³/mol. The van der Waals surface area contributed by atoms with Crippen LogP contribution in [0.25, 0.3) is 0 Å². The van der Waals surface area contributed by atoms with Crippen LogP contribution in [0.15, 0.2) is 41.3 Å². The van der Waals surface area contributed by atoms with Gasteiger partial charge < -0.3 is 5.32 Å². The number of hydrogen-bond donors (Lipinski definition) is 2. The Hall–Kier alpha value is -1.53. The molecule has 136 valence electrons. The highest BCUT2D eigenvalue weighted by molar-refractivity contribution is 7.97. The molecule has 4 nitrogen and oxygen atoms in total. The molecule has 1 aliphatic carbocycles. The first-order valence-electron chi connectivity index (χ1n) is 8.94. The fourth-order valence-corrected chi connectivity index (χ4v) is 4.40. The molecule has 2 aromatic carbocycles. The molecule has 26 heavy (non-hydrogen) atoms. The first-order valence-corrected chi connectivity index (χ1v) is 10.2. The second kappa shape index (κ2) is 7.61. The second-order valence-electron chi connectivity index (χ2n) is 7.00. The van der Waals surface area contributed by atoms with Crippen molar-refractivity contribution in [2.45, 2.75) is 43.2 Å². The number of anilines is 1. The van der Waals surface area contributed by atoms with Crippen molar-refractivity contribution in [3.63, 3.8) is 0 Å².